The van der Waals surface area contributed by atoms with Crippen LogP contribution in [0.3, 0.4) is 0 Å². The number of ether oxygens (including phenoxy) is 1. The molecule has 5 nitrogen and oxygen atoms in total. The number of pyridine rings is 1. The van der Waals surface area contributed by atoms with Gasteiger partial charge in [-0.1, -0.05) is 120 Å². The summed E-state index contributed by atoms with van der Waals surface area (Å²) < 4.78 is 78.0. The molecule has 0 radical (unpaired) electrons. The summed E-state index contributed by atoms with van der Waals surface area (Å²) in [6, 6.07) is 36.2. The molecule has 0 saturated carbocycles. The molecule has 0 amide bonds. The number of hydrogen-bond acceptors (Lipinski definition) is 4. The fraction of sp³-hybridized carbons (Fsp3) is 0.226. The smallest absolute Gasteiger partial charge is 0.137 e. The third-order valence-corrected chi connectivity index (χ3v) is 11.2. The van der Waals surface area contributed by atoms with Crippen molar-refractivity contribution in [3.05, 3.63) is 174 Å². The minimum atomic E-state index is -2.54. The van der Waals surface area contributed by atoms with E-state index in [1.54, 1.807) is 6.07 Å². The van der Waals surface area contributed by atoms with E-state index in [1.165, 1.54) is 5.56 Å². The lowest BCUT2D eigenvalue weighted by Gasteiger charge is -2.26. The van der Waals surface area contributed by atoms with E-state index in [1.807, 2.05) is 87.6 Å². The van der Waals surface area contributed by atoms with Crippen LogP contribution in [0.15, 0.2) is 152 Å². The highest BCUT2D eigenvalue weighted by molar-refractivity contribution is 6.09. The van der Waals surface area contributed by atoms with Crippen molar-refractivity contribution in [1.29, 1.82) is 0 Å². The molecule has 0 bridgehead atoms. The van der Waals surface area contributed by atoms with Crippen molar-refractivity contribution in [3.8, 4) is 28.4 Å². The zero-order valence-corrected chi connectivity index (χ0v) is 33.9. The molecule has 5 heteroatoms. The number of nitrogens with zero attached hydrogens (tertiary/aromatic N) is 4. The summed E-state index contributed by atoms with van der Waals surface area (Å²) in [5, 5.41) is 2.23. The second-order valence-corrected chi connectivity index (χ2v) is 17.2. The van der Waals surface area contributed by atoms with E-state index in [0.717, 1.165) is 44.7 Å². The van der Waals surface area contributed by atoms with E-state index in [9.17, 15) is 0 Å². The summed E-state index contributed by atoms with van der Waals surface area (Å²) in [5.41, 5.74) is 7.10. The van der Waals surface area contributed by atoms with Gasteiger partial charge in [-0.05, 0) is 112 Å². The zero-order valence-electron chi connectivity index (χ0n) is 41.9. The van der Waals surface area contributed by atoms with Crippen LogP contribution >= 0.6 is 0 Å². The molecule has 1 aliphatic heterocycles. The lowest BCUT2D eigenvalue weighted by Crippen LogP contribution is -2.30. The Bertz CT molecular complexity index is 3170. The summed E-state index contributed by atoms with van der Waals surface area (Å²) in [6.07, 6.45) is 2.11. The lowest BCUT2D eigenvalue weighted by molar-refractivity contribution is 0.483. The highest BCUT2D eigenvalue weighted by atomic mass is 16.5. The fourth-order valence-corrected chi connectivity index (χ4v) is 8.04. The van der Waals surface area contributed by atoms with E-state index in [0.29, 0.717) is 41.4 Å². The minimum Gasteiger partial charge on any atom is -0.457 e. The van der Waals surface area contributed by atoms with Crippen molar-refractivity contribution in [2.24, 2.45) is 0 Å². The molecule has 0 unspecified atom stereocenters. The van der Waals surface area contributed by atoms with E-state index in [2.05, 4.69) is 83.7 Å². The van der Waals surface area contributed by atoms with Crippen molar-refractivity contribution in [2.75, 3.05) is 23.0 Å². The molecular formula is C53H52N4O. The largest absolute Gasteiger partial charge is 0.457 e. The van der Waals surface area contributed by atoms with Gasteiger partial charge in [-0.2, -0.15) is 0 Å². The Kier molecular flexibility index (Phi) is 7.27. The number of rotatable bonds is 8. The van der Waals surface area contributed by atoms with Crippen LogP contribution in [-0.2, 0) is 17.3 Å². The van der Waals surface area contributed by atoms with Gasteiger partial charge >= 0.3 is 0 Å². The average Bonchev–Trinajstić information content (AvgIpc) is 3.81. The van der Waals surface area contributed by atoms with Crippen LogP contribution in [0.2, 0.25) is 0 Å². The number of anilines is 3. The maximum Gasteiger partial charge on any atom is 0.137 e. The Morgan fingerprint density at radius 2 is 1.43 bits per heavy atom. The highest BCUT2D eigenvalue weighted by Crippen LogP contribution is 2.43. The Hall–Kier alpha value is -6.33. The Labute approximate surface area is 354 Å². The number of fused-ring (bicyclic) bond motifs is 4. The highest BCUT2D eigenvalue weighted by Gasteiger charge is 2.28. The first kappa shape index (κ1) is 29.0. The number of aromatic nitrogens is 2. The molecule has 9 rings (SSSR count). The van der Waals surface area contributed by atoms with Gasteiger partial charge in [0.2, 0.25) is 0 Å². The molecule has 58 heavy (non-hydrogen) atoms. The Morgan fingerprint density at radius 1 is 0.690 bits per heavy atom. The third kappa shape index (κ3) is 7.00. The summed E-state index contributed by atoms with van der Waals surface area (Å²) in [4.78, 5) is 9.21. The van der Waals surface area contributed by atoms with Crippen molar-refractivity contribution in [3.63, 3.8) is 0 Å². The maximum atomic E-state index is 8.91. The van der Waals surface area contributed by atoms with Gasteiger partial charge < -0.3 is 14.5 Å². The van der Waals surface area contributed by atoms with E-state index >= 15 is 0 Å². The van der Waals surface area contributed by atoms with Crippen LogP contribution in [0, 0.1) is 6.85 Å². The van der Waals surface area contributed by atoms with E-state index < -0.39 is 30.4 Å². The first-order chi connectivity index (χ1) is 31.2. The van der Waals surface area contributed by atoms with Crippen LogP contribution in [0.5, 0.6) is 11.5 Å². The van der Waals surface area contributed by atoms with Crippen LogP contribution in [0.1, 0.15) is 74.8 Å². The van der Waals surface area contributed by atoms with Crippen molar-refractivity contribution in [2.45, 2.75) is 65.6 Å². The van der Waals surface area contributed by atoms with Crippen LogP contribution in [0.4, 0.5) is 17.1 Å². The van der Waals surface area contributed by atoms with Crippen LogP contribution in [0.25, 0.3) is 38.8 Å². The first-order valence-corrected chi connectivity index (χ1v) is 19.9. The summed E-state index contributed by atoms with van der Waals surface area (Å²) in [7, 11) is 0. The van der Waals surface area contributed by atoms with Gasteiger partial charge in [0.1, 0.15) is 17.3 Å². The van der Waals surface area contributed by atoms with Gasteiger partial charge in [0.05, 0.1) is 35.9 Å². The molecule has 8 aromatic rings. The van der Waals surface area contributed by atoms with Gasteiger partial charge in [-0.15, -0.1) is 0 Å². The van der Waals surface area contributed by atoms with E-state index in [-0.39, 0.29) is 35.0 Å². The van der Waals surface area contributed by atoms with Gasteiger partial charge in [-0.3, -0.25) is 4.57 Å². The van der Waals surface area contributed by atoms with Gasteiger partial charge in [-0.25, -0.2) is 4.98 Å². The number of hydrogen-bond donors (Lipinski definition) is 0. The molecule has 3 heterocycles. The minimum absolute atomic E-state index is 0.000105. The van der Waals surface area contributed by atoms with Crippen molar-refractivity contribution >= 4 is 38.9 Å². The fourth-order valence-electron chi connectivity index (χ4n) is 8.04. The van der Waals surface area contributed by atoms with Crippen molar-refractivity contribution < 1.29 is 15.7 Å². The summed E-state index contributed by atoms with van der Waals surface area (Å²) >= 11 is 0. The number of benzene rings is 6. The second-order valence-electron chi connectivity index (χ2n) is 17.2. The first-order valence-electron chi connectivity index (χ1n) is 23.9. The normalized spacial score (nSPS) is 15.3. The summed E-state index contributed by atoms with van der Waals surface area (Å²) in [6.45, 7) is 10.8. The molecule has 2 aromatic heterocycles. The Morgan fingerprint density at radius 3 is 2.22 bits per heavy atom. The maximum absolute atomic E-state index is 8.91. The monoisotopic (exact) mass is 768 g/mol. The van der Waals surface area contributed by atoms with Gasteiger partial charge in [0.25, 0.3) is 0 Å². The predicted octanol–water partition coefficient (Wildman–Crippen LogP) is 13.7. The van der Waals surface area contributed by atoms with Crippen LogP contribution < -0.4 is 14.5 Å². The second kappa shape index (κ2) is 14.6. The molecule has 1 aliphatic rings. The predicted molar refractivity (Wildman–Crippen MR) is 244 cm³/mol. The molecule has 0 spiro atoms. The van der Waals surface area contributed by atoms with Crippen molar-refractivity contribution in [1.82, 2.24) is 9.55 Å². The van der Waals surface area contributed by atoms with Gasteiger partial charge in [0.15, 0.2) is 0 Å². The quantitative estimate of drug-likeness (QED) is 0.154. The van der Waals surface area contributed by atoms with E-state index in [4.69, 9.17) is 20.7 Å². The lowest BCUT2D eigenvalue weighted by atomic mass is 9.82. The average molecular weight is 769 g/mol. The Balaban J connectivity index is 1.05. The molecule has 6 aromatic carbocycles. The molecule has 0 N–H and O–H groups in total. The topological polar surface area (TPSA) is 33.5 Å². The molecule has 0 fully saturated rings. The molecule has 0 aliphatic carbocycles. The van der Waals surface area contributed by atoms with Gasteiger partial charge in [0, 0.05) is 45.4 Å². The number of aryl methyl sites for hydroxylation is 1. The molecule has 0 saturated heterocycles. The molecular weight excluding hydrogens is 709 g/mol. The summed E-state index contributed by atoms with van der Waals surface area (Å²) in [5.74, 6) is 2.17. The SMILES string of the molecule is [2H]c1c([2H])c([2H])c(-c2cc(C(C)(C)C)cc(C([2H])([2H])[2H])c2CCN2CN(c3cccc(Oc4ccc5c6ccccc6n(-c6cc(C(C)(C)C)ccn6)c5c4)c3)c3ccccc32)c([2H])c1[2H]. The number of para-hydroxylation sites is 3. The van der Waals surface area contributed by atoms with Crippen LogP contribution in [-0.4, -0.2) is 22.8 Å². The third-order valence-electron chi connectivity index (χ3n) is 11.2. The standard InChI is InChI=1S/C53H52N4O/c1-36-30-39(53(5,6)7)31-46(37-16-9-8-10-17-37)43(36)27-29-55-35-56(49-23-14-13-22-48(49)55)40-18-15-19-41(33-40)58-42-24-25-45-44-20-11-12-21-47(44)57(50(45)34-42)51-32-38(26-28-54-51)52(2,3)4/h8-26,28,30-34H,27,29,35H2,1-7H3/i1D3,8D,9D,10D,16D,17D. The molecule has 0 atom stereocenters. The zero-order chi connectivity index (χ0) is 47.0. The molecule has 290 valence electrons.